The molecule has 0 heterocycles. The van der Waals surface area contributed by atoms with Gasteiger partial charge in [-0.2, -0.15) is 0 Å². The molecule has 5 heteroatoms. The van der Waals surface area contributed by atoms with Gasteiger partial charge in [-0.3, -0.25) is 0 Å². The van der Waals surface area contributed by atoms with E-state index < -0.39 is 0 Å². The minimum atomic E-state index is -0.0494. The number of nitrogens with two attached hydrogens (primary N) is 1. The van der Waals surface area contributed by atoms with Gasteiger partial charge in [-0.1, -0.05) is 23.2 Å². The molecule has 18 heavy (non-hydrogen) atoms. The quantitative estimate of drug-likeness (QED) is 0.805. The number of nitrogen functional groups attached to an aromatic ring is 1. The van der Waals surface area contributed by atoms with Gasteiger partial charge in [0, 0.05) is 7.06 Å². The van der Waals surface area contributed by atoms with E-state index in [1.165, 1.54) is 18.2 Å². The summed E-state index contributed by atoms with van der Waals surface area (Å²) in [6.45, 7) is -0.0494. The Balaban J connectivity index is 2.36. The minimum Gasteiger partial charge on any atom is -0.508 e. The number of hydrogen-bond donors (Lipinski definition) is 2. The Morgan fingerprint density at radius 1 is 1.22 bits per heavy atom. The summed E-state index contributed by atoms with van der Waals surface area (Å²) in [5, 5.41) is 10.1. The van der Waals surface area contributed by atoms with Crippen molar-refractivity contribution in [2.75, 3.05) is 5.73 Å². The summed E-state index contributed by atoms with van der Waals surface area (Å²) in [7, 11) is 0. The van der Waals surface area contributed by atoms with Gasteiger partial charge in [0.25, 0.3) is 0 Å². The molecule has 0 atom stereocenters. The molecule has 0 aromatic heterocycles. The number of anilines is 1. The van der Waals surface area contributed by atoms with Gasteiger partial charge in [0.2, 0.25) is 0 Å². The van der Waals surface area contributed by atoms with Crippen LogP contribution in [0.15, 0.2) is 30.3 Å². The predicted molar refractivity (Wildman–Crippen MR) is 73.8 cm³/mol. The maximum atomic E-state index is 9.50. The SMILES string of the molecule is [2H]Cc1cc(Oc2c(Cl)cc(N)cc2Cl)ccc1O. The smallest absolute Gasteiger partial charge is 0.164 e. The third kappa shape index (κ3) is 2.63. The molecule has 0 aliphatic carbocycles. The second-order valence-electron chi connectivity index (χ2n) is 3.71. The number of rotatable bonds is 2. The molecule has 2 rings (SSSR count). The fraction of sp³-hybridized carbons (Fsp3) is 0.0769. The lowest BCUT2D eigenvalue weighted by atomic mass is 10.2. The predicted octanol–water partition coefficient (Wildman–Crippen LogP) is 4.38. The fourth-order valence-electron chi connectivity index (χ4n) is 1.42. The molecule has 0 bridgehead atoms. The third-order valence-corrected chi connectivity index (χ3v) is 2.85. The highest BCUT2D eigenvalue weighted by atomic mass is 35.5. The molecule has 94 valence electrons. The van der Waals surface area contributed by atoms with E-state index in [4.69, 9.17) is 35.0 Å². The average molecular weight is 285 g/mol. The van der Waals surface area contributed by atoms with Crippen molar-refractivity contribution in [3.8, 4) is 17.2 Å². The maximum Gasteiger partial charge on any atom is 0.164 e. The number of aromatic hydroxyl groups is 1. The van der Waals surface area contributed by atoms with E-state index in [9.17, 15) is 5.11 Å². The summed E-state index contributed by atoms with van der Waals surface area (Å²) in [4.78, 5) is 0. The van der Waals surface area contributed by atoms with E-state index in [1.807, 2.05) is 0 Å². The molecular formula is C13H11Cl2NO2. The summed E-state index contributed by atoms with van der Waals surface area (Å²) in [5.74, 6) is 0.782. The van der Waals surface area contributed by atoms with Gasteiger partial charge < -0.3 is 15.6 Å². The van der Waals surface area contributed by atoms with Gasteiger partial charge in [-0.15, -0.1) is 0 Å². The molecule has 0 unspecified atom stereocenters. The maximum absolute atomic E-state index is 9.50. The molecule has 0 fully saturated rings. The molecule has 3 N–H and O–H groups in total. The highest BCUT2D eigenvalue weighted by Crippen LogP contribution is 2.38. The highest BCUT2D eigenvalue weighted by Gasteiger charge is 2.10. The van der Waals surface area contributed by atoms with Crippen molar-refractivity contribution in [1.29, 1.82) is 0 Å². The van der Waals surface area contributed by atoms with Crippen LogP contribution in [0.25, 0.3) is 0 Å². The van der Waals surface area contributed by atoms with Crippen molar-refractivity contribution in [2.24, 2.45) is 0 Å². The van der Waals surface area contributed by atoms with Crippen LogP contribution in [0.3, 0.4) is 0 Å². The van der Waals surface area contributed by atoms with Crippen molar-refractivity contribution in [2.45, 2.75) is 6.90 Å². The van der Waals surface area contributed by atoms with Gasteiger partial charge in [-0.05, 0) is 42.8 Å². The molecule has 0 radical (unpaired) electrons. The summed E-state index contributed by atoms with van der Waals surface area (Å²) < 4.78 is 12.9. The number of aryl methyl sites for hydroxylation is 1. The monoisotopic (exact) mass is 284 g/mol. The first kappa shape index (κ1) is 11.5. The van der Waals surface area contributed by atoms with Gasteiger partial charge in [-0.25, -0.2) is 0 Å². The van der Waals surface area contributed by atoms with Gasteiger partial charge in [0.05, 0.1) is 10.0 Å². The van der Waals surface area contributed by atoms with Crippen molar-refractivity contribution in [3.05, 3.63) is 45.9 Å². The fourth-order valence-corrected chi connectivity index (χ4v) is 2.00. The average Bonchev–Trinajstić information content (AvgIpc) is 2.35. The van der Waals surface area contributed by atoms with E-state index in [-0.39, 0.29) is 12.6 Å². The lowest BCUT2D eigenvalue weighted by Crippen LogP contribution is -1.90. The number of halogens is 2. The number of hydrogen-bond acceptors (Lipinski definition) is 3. The summed E-state index contributed by atoms with van der Waals surface area (Å²) >= 11 is 12.0. The Labute approximate surface area is 116 Å². The lowest BCUT2D eigenvalue weighted by molar-refractivity contribution is 0.460. The second-order valence-corrected chi connectivity index (χ2v) is 4.52. The number of benzene rings is 2. The normalized spacial score (nSPS) is 11.1. The van der Waals surface area contributed by atoms with Crippen LogP contribution in [0.5, 0.6) is 17.2 Å². The number of ether oxygens (including phenoxy) is 1. The lowest BCUT2D eigenvalue weighted by Gasteiger charge is -2.11. The van der Waals surface area contributed by atoms with Crippen LogP contribution in [0.2, 0.25) is 10.0 Å². The molecule has 0 aliphatic heterocycles. The Kier molecular flexibility index (Phi) is 3.17. The van der Waals surface area contributed by atoms with E-state index >= 15 is 0 Å². The Hall–Kier alpha value is -1.58. The van der Waals surface area contributed by atoms with Crippen LogP contribution >= 0.6 is 23.2 Å². The van der Waals surface area contributed by atoms with Gasteiger partial charge >= 0.3 is 0 Å². The molecule has 0 aliphatic rings. The molecule has 2 aromatic rings. The number of phenolic OH excluding ortho intramolecular Hbond substituents is 1. The standard InChI is InChI=1S/C13H11Cl2NO2/c1-7-4-9(2-3-12(7)17)18-13-10(14)5-8(16)6-11(13)15/h2-6,17H,16H2,1H3/i1D. The van der Waals surface area contributed by atoms with E-state index in [2.05, 4.69) is 0 Å². The van der Waals surface area contributed by atoms with Crippen LogP contribution in [0.4, 0.5) is 5.69 Å². The molecule has 3 nitrogen and oxygen atoms in total. The van der Waals surface area contributed by atoms with Crippen molar-refractivity contribution in [3.63, 3.8) is 0 Å². The topological polar surface area (TPSA) is 55.5 Å². The first-order valence-electron chi connectivity index (χ1n) is 5.75. The van der Waals surface area contributed by atoms with Crippen molar-refractivity contribution in [1.82, 2.24) is 0 Å². The van der Waals surface area contributed by atoms with Crippen molar-refractivity contribution < 1.29 is 11.2 Å². The molecule has 2 aromatic carbocycles. The van der Waals surface area contributed by atoms with Gasteiger partial charge in [0.1, 0.15) is 11.5 Å². The van der Waals surface area contributed by atoms with Crippen LogP contribution in [-0.4, -0.2) is 5.11 Å². The van der Waals surface area contributed by atoms with Crippen LogP contribution < -0.4 is 10.5 Å². The van der Waals surface area contributed by atoms with E-state index in [1.54, 1.807) is 12.1 Å². The molecule has 0 amide bonds. The van der Waals surface area contributed by atoms with Crippen LogP contribution in [0, 0.1) is 6.90 Å². The van der Waals surface area contributed by atoms with E-state index in [0.717, 1.165) is 0 Å². The molecular weight excluding hydrogens is 273 g/mol. The molecule has 0 saturated carbocycles. The van der Waals surface area contributed by atoms with E-state index in [0.29, 0.717) is 32.8 Å². The summed E-state index contributed by atoms with van der Waals surface area (Å²) in [6, 6.07) is 7.66. The number of phenols is 1. The second kappa shape index (κ2) is 4.96. The summed E-state index contributed by atoms with van der Waals surface area (Å²) in [5.41, 5.74) is 6.51. The first-order valence-corrected chi connectivity index (χ1v) is 5.80. The Bertz CT molecular complexity index is 597. The van der Waals surface area contributed by atoms with Crippen LogP contribution in [0.1, 0.15) is 6.93 Å². The minimum absolute atomic E-state index is 0.0494. The van der Waals surface area contributed by atoms with Gasteiger partial charge in [0.15, 0.2) is 5.75 Å². The third-order valence-electron chi connectivity index (χ3n) is 2.29. The summed E-state index contributed by atoms with van der Waals surface area (Å²) in [6.07, 6.45) is 0. The zero-order valence-corrected chi connectivity index (χ0v) is 10.8. The zero-order valence-electron chi connectivity index (χ0n) is 10.3. The van der Waals surface area contributed by atoms with Crippen molar-refractivity contribution >= 4 is 28.9 Å². The Morgan fingerprint density at radius 2 is 1.89 bits per heavy atom. The molecule has 0 spiro atoms. The Morgan fingerprint density at radius 3 is 2.50 bits per heavy atom. The zero-order chi connectivity index (χ0) is 14.0. The largest absolute Gasteiger partial charge is 0.508 e. The highest BCUT2D eigenvalue weighted by molar-refractivity contribution is 6.37. The van der Waals surface area contributed by atoms with Crippen LogP contribution in [-0.2, 0) is 0 Å². The molecule has 0 saturated heterocycles. The first-order chi connectivity index (χ1) is 9.01.